The number of guanidine groups is 1. The Bertz CT molecular complexity index is 226. The Balaban J connectivity index is 2.40. The van der Waals surface area contributed by atoms with Crippen molar-refractivity contribution in [2.75, 3.05) is 38.7 Å². The van der Waals surface area contributed by atoms with Gasteiger partial charge < -0.3 is 10.2 Å². The minimum Gasteiger partial charge on any atom is -0.355 e. The van der Waals surface area contributed by atoms with E-state index in [0.29, 0.717) is 5.41 Å². The van der Waals surface area contributed by atoms with Gasteiger partial charge in [0.25, 0.3) is 0 Å². The molecule has 0 atom stereocenters. The highest BCUT2D eigenvalue weighted by Crippen LogP contribution is 2.28. The maximum Gasteiger partial charge on any atom is 0.193 e. The van der Waals surface area contributed by atoms with Gasteiger partial charge in [-0.05, 0) is 18.1 Å². The summed E-state index contributed by atoms with van der Waals surface area (Å²) in [5.74, 6) is 2.20. The van der Waals surface area contributed by atoms with Crippen molar-refractivity contribution in [1.82, 2.24) is 10.2 Å². The van der Waals surface area contributed by atoms with Gasteiger partial charge in [0.1, 0.15) is 0 Å². The van der Waals surface area contributed by atoms with Crippen LogP contribution in [0.3, 0.4) is 0 Å². The van der Waals surface area contributed by atoms with Crippen LogP contribution in [0.1, 0.15) is 20.3 Å². The van der Waals surface area contributed by atoms with Crippen LogP contribution in [0.15, 0.2) is 4.99 Å². The standard InChI is InChI=1S/C11H23N3S/c1-11(2)5-7-14(9-11)10(12-3)13-6-8-15-4/h5-9H2,1-4H3,(H,12,13). The third-order valence-corrected chi connectivity index (χ3v) is 3.39. The van der Waals surface area contributed by atoms with Crippen LogP contribution >= 0.6 is 11.8 Å². The second-order valence-electron chi connectivity index (χ2n) is 4.80. The molecule has 0 aromatic rings. The molecule has 0 aromatic heterocycles. The first-order valence-corrected chi connectivity index (χ1v) is 6.93. The highest BCUT2D eigenvalue weighted by atomic mass is 32.2. The van der Waals surface area contributed by atoms with Crippen LogP contribution in [0.2, 0.25) is 0 Å². The normalized spacial score (nSPS) is 20.8. The van der Waals surface area contributed by atoms with Crippen LogP contribution in [-0.2, 0) is 0 Å². The van der Waals surface area contributed by atoms with E-state index < -0.39 is 0 Å². The summed E-state index contributed by atoms with van der Waals surface area (Å²) in [6.07, 6.45) is 3.39. The van der Waals surface area contributed by atoms with Gasteiger partial charge in [-0.15, -0.1) is 0 Å². The van der Waals surface area contributed by atoms with Gasteiger partial charge in [0.05, 0.1) is 0 Å². The molecule has 0 bridgehead atoms. The van der Waals surface area contributed by atoms with E-state index in [1.54, 1.807) is 0 Å². The van der Waals surface area contributed by atoms with Crippen LogP contribution in [0.5, 0.6) is 0 Å². The van der Waals surface area contributed by atoms with Crippen molar-refractivity contribution in [3.8, 4) is 0 Å². The second-order valence-corrected chi connectivity index (χ2v) is 5.79. The summed E-state index contributed by atoms with van der Waals surface area (Å²) < 4.78 is 0. The first-order valence-electron chi connectivity index (χ1n) is 5.53. The lowest BCUT2D eigenvalue weighted by Gasteiger charge is -2.23. The second kappa shape index (κ2) is 5.64. The van der Waals surface area contributed by atoms with Crippen molar-refractivity contribution < 1.29 is 0 Å². The first kappa shape index (κ1) is 12.7. The van der Waals surface area contributed by atoms with Gasteiger partial charge in [-0.2, -0.15) is 11.8 Å². The Morgan fingerprint density at radius 1 is 1.53 bits per heavy atom. The van der Waals surface area contributed by atoms with E-state index in [9.17, 15) is 0 Å². The Labute approximate surface area is 97.7 Å². The first-order chi connectivity index (χ1) is 7.09. The van der Waals surface area contributed by atoms with Crippen molar-refractivity contribution in [3.05, 3.63) is 0 Å². The van der Waals surface area contributed by atoms with Crippen LogP contribution in [0, 0.1) is 5.41 Å². The molecule has 0 aromatic carbocycles. The molecule has 0 saturated carbocycles. The smallest absolute Gasteiger partial charge is 0.193 e. The van der Waals surface area contributed by atoms with Gasteiger partial charge in [0, 0.05) is 32.4 Å². The van der Waals surface area contributed by atoms with Crippen molar-refractivity contribution >= 4 is 17.7 Å². The predicted molar refractivity (Wildman–Crippen MR) is 69.7 cm³/mol. The van der Waals surface area contributed by atoms with E-state index in [1.807, 2.05) is 18.8 Å². The zero-order valence-electron chi connectivity index (χ0n) is 10.3. The predicted octanol–water partition coefficient (Wildman–Crippen LogP) is 1.66. The number of hydrogen-bond acceptors (Lipinski definition) is 2. The number of nitrogens with one attached hydrogen (secondary N) is 1. The lowest BCUT2D eigenvalue weighted by atomic mass is 9.93. The van der Waals surface area contributed by atoms with E-state index >= 15 is 0 Å². The van der Waals surface area contributed by atoms with Gasteiger partial charge in [0.2, 0.25) is 0 Å². The molecule has 0 spiro atoms. The van der Waals surface area contributed by atoms with Crippen molar-refractivity contribution in [1.29, 1.82) is 0 Å². The summed E-state index contributed by atoms with van der Waals surface area (Å²) in [7, 11) is 1.87. The van der Waals surface area contributed by atoms with Gasteiger partial charge in [-0.3, -0.25) is 4.99 Å². The van der Waals surface area contributed by atoms with Crippen molar-refractivity contribution in [2.45, 2.75) is 20.3 Å². The lowest BCUT2D eigenvalue weighted by Crippen LogP contribution is -2.41. The molecule has 1 rings (SSSR count). The third-order valence-electron chi connectivity index (χ3n) is 2.78. The van der Waals surface area contributed by atoms with E-state index in [0.717, 1.165) is 31.3 Å². The summed E-state index contributed by atoms with van der Waals surface area (Å²) in [5.41, 5.74) is 0.442. The Morgan fingerprint density at radius 3 is 2.73 bits per heavy atom. The molecular formula is C11H23N3S. The molecule has 1 heterocycles. The molecule has 3 nitrogen and oxygen atoms in total. The Morgan fingerprint density at radius 2 is 2.27 bits per heavy atom. The quantitative estimate of drug-likeness (QED) is 0.453. The molecular weight excluding hydrogens is 206 g/mol. The van der Waals surface area contributed by atoms with Crippen LogP contribution in [0.4, 0.5) is 0 Å². The van der Waals surface area contributed by atoms with E-state index in [1.165, 1.54) is 6.42 Å². The maximum atomic E-state index is 4.33. The van der Waals surface area contributed by atoms with Crippen LogP contribution < -0.4 is 5.32 Å². The minimum atomic E-state index is 0.442. The van der Waals surface area contributed by atoms with E-state index in [-0.39, 0.29) is 0 Å². The fourth-order valence-electron chi connectivity index (χ4n) is 1.89. The number of thioether (sulfide) groups is 1. The van der Waals surface area contributed by atoms with Crippen molar-refractivity contribution in [3.63, 3.8) is 0 Å². The maximum absolute atomic E-state index is 4.33. The number of likely N-dealkylation sites (tertiary alicyclic amines) is 1. The number of nitrogens with zero attached hydrogens (tertiary/aromatic N) is 2. The summed E-state index contributed by atoms with van der Waals surface area (Å²) in [4.78, 5) is 6.69. The molecule has 4 heteroatoms. The summed E-state index contributed by atoms with van der Waals surface area (Å²) in [5, 5.41) is 3.41. The van der Waals surface area contributed by atoms with Gasteiger partial charge >= 0.3 is 0 Å². The zero-order chi connectivity index (χ0) is 11.3. The summed E-state index contributed by atoms with van der Waals surface area (Å²) in [6.45, 7) is 7.90. The van der Waals surface area contributed by atoms with E-state index in [4.69, 9.17) is 0 Å². The lowest BCUT2D eigenvalue weighted by molar-refractivity contribution is 0.370. The average molecular weight is 229 g/mol. The van der Waals surface area contributed by atoms with Gasteiger partial charge in [-0.1, -0.05) is 13.8 Å². The monoisotopic (exact) mass is 229 g/mol. The van der Waals surface area contributed by atoms with Crippen LogP contribution in [0.25, 0.3) is 0 Å². The topological polar surface area (TPSA) is 27.6 Å². The molecule has 1 aliphatic rings. The van der Waals surface area contributed by atoms with E-state index in [2.05, 4.69) is 35.3 Å². The minimum absolute atomic E-state index is 0.442. The molecule has 15 heavy (non-hydrogen) atoms. The largest absolute Gasteiger partial charge is 0.355 e. The molecule has 0 unspecified atom stereocenters. The van der Waals surface area contributed by atoms with Gasteiger partial charge in [-0.25, -0.2) is 0 Å². The molecule has 1 aliphatic heterocycles. The molecule has 1 saturated heterocycles. The fourth-order valence-corrected chi connectivity index (χ4v) is 2.20. The summed E-state index contributed by atoms with van der Waals surface area (Å²) >= 11 is 1.86. The molecule has 0 amide bonds. The number of aliphatic imine (C=N–C) groups is 1. The number of rotatable bonds is 3. The SMILES string of the molecule is CN=C(NCCSC)N1CCC(C)(C)C1. The third kappa shape index (κ3) is 3.93. The zero-order valence-corrected chi connectivity index (χ0v) is 11.2. The van der Waals surface area contributed by atoms with Crippen molar-refractivity contribution in [2.24, 2.45) is 10.4 Å². The Hall–Kier alpha value is -0.380. The molecule has 1 fully saturated rings. The molecule has 0 radical (unpaired) electrons. The van der Waals surface area contributed by atoms with Crippen LogP contribution in [-0.4, -0.2) is 49.6 Å². The average Bonchev–Trinajstić information content (AvgIpc) is 2.54. The molecule has 0 aliphatic carbocycles. The summed E-state index contributed by atoms with van der Waals surface area (Å²) in [6, 6.07) is 0. The molecule has 88 valence electrons. The Kier molecular flexibility index (Phi) is 4.77. The highest BCUT2D eigenvalue weighted by molar-refractivity contribution is 7.98. The number of hydrogen-bond donors (Lipinski definition) is 1. The molecule has 1 N–H and O–H groups in total. The fraction of sp³-hybridized carbons (Fsp3) is 0.909. The highest BCUT2D eigenvalue weighted by Gasteiger charge is 2.30. The van der Waals surface area contributed by atoms with Gasteiger partial charge in [0.15, 0.2) is 5.96 Å².